The van der Waals surface area contributed by atoms with Crippen molar-refractivity contribution < 1.29 is 0 Å². The maximum absolute atomic E-state index is 2.44. The second-order valence-electron chi connectivity index (χ2n) is 7.00. The molecule has 1 fully saturated rings. The van der Waals surface area contributed by atoms with E-state index in [4.69, 9.17) is 0 Å². The molecule has 0 N–H and O–H groups in total. The van der Waals surface area contributed by atoms with Crippen molar-refractivity contribution in [2.75, 3.05) is 0 Å². The Morgan fingerprint density at radius 1 is 1.00 bits per heavy atom. The molecule has 0 amide bonds. The standard InChI is InChI=1S/C15H30/c1-12(2)11-14(15(3,4)5)13-9-7-6-8-10-13/h12-14H,6-11H2,1-5H3. The van der Waals surface area contributed by atoms with Crippen LogP contribution in [0.2, 0.25) is 0 Å². The zero-order valence-corrected chi connectivity index (χ0v) is 11.5. The highest BCUT2D eigenvalue weighted by Gasteiger charge is 2.32. The van der Waals surface area contributed by atoms with Crippen molar-refractivity contribution in [2.45, 2.75) is 73.1 Å². The molecule has 15 heavy (non-hydrogen) atoms. The monoisotopic (exact) mass is 210 g/mol. The molecule has 1 aliphatic rings. The van der Waals surface area contributed by atoms with Crippen LogP contribution in [0.1, 0.15) is 73.1 Å². The normalized spacial score (nSPS) is 22.0. The minimum absolute atomic E-state index is 0.506. The van der Waals surface area contributed by atoms with Crippen molar-refractivity contribution in [3.8, 4) is 0 Å². The van der Waals surface area contributed by atoms with E-state index in [1.165, 1.54) is 38.5 Å². The van der Waals surface area contributed by atoms with E-state index in [1.54, 1.807) is 0 Å². The molecule has 1 unspecified atom stereocenters. The predicted molar refractivity (Wildman–Crippen MR) is 69.0 cm³/mol. The van der Waals surface area contributed by atoms with E-state index in [-0.39, 0.29) is 0 Å². The summed E-state index contributed by atoms with van der Waals surface area (Å²) in [4.78, 5) is 0. The highest BCUT2D eigenvalue weighted by atomic mass is 14.4. The number of hydrogen-bond acceptors (Lipinski definition) is 0. The molecular weight excluding hydrogens is 180 g/mol. The van der Waals surface area contributed by atoms with Gasteiger partial charge in [-0.2, -0.15) is 0 Å². The summed E-state index contributed by atoms with van der Waals surface area (Å²) in [5, 5.41) is 0. The van der Waals surface area contributed by atoms with E-state index < -0.39 is 0 Å². The molecule has 0 aromatic carbocycles. The van der Waals surface area contributed by atoms with Crippen LogP contribution in [0.25, 0.3) is 0 Å². The minimum atomic E-state index is 0.506. The Hall–Kier alpha value is 0. The molecule has 0 heterocycles. The molecule has 0 spiro atoms. The molecule has 0 aromatic heterocycles. The lowest BCUT2D eigenvalue weighted by Gasteiger charge is -2.40. The quantitative estimate of drug-likeness (QED) is 0.595. The molecule has 1 rings (SSSR count). The van der Waals surface area contributed by atoms with Crippen molar-refractivity contribution in [1.29, 1.82) is 0 Å². The molecule has 0 radical (unpaired) electrons. The molecule has 1 atom stereocenters. The van der Waals surface area contributed by atoms with Gasteiger partial charge in [0.05, 0.1) is 0 Å². The Labute approximate surface area is 96.8 Å². The van der Waals surface area contributed by atoms with Crippen LogP contribution in [-0.2, 0) is 0 Å². The van der Waals surface area contributed by atoms with Gasteiger partial charge in [-0.25, -0.2) is 0 Å². The van der Waals surface area contributed by atoms with E-state index in [0.717, 1.165) is 17.8 Å². The lowest BCUT2D eigenvalue weighted by atomic mass is 9.65. The lowest BCUT2D eigenvalue weighted by Crippen LogP contribution is -2.31. The molecule has 0 aromatic rings. The van der Waals surface area contributed by atoms with Crippen LogP contribution in [0.5, 0.6) is 0 Å². The van der Waals surface area contributed by atoms with Crippen molar-refractivity contribution in [1.82, 2.24) is 0 Å². The summed E-state index contributed by atoms with van der Waals surface area (Å²) in [6, 6.07) is 0. The van der Waals surface area contributed by atoms with Gasteiger partial charge in [-0.1, -0.05) is 66.7 Å². The summed E-state index contributed by atoms with van der Waals surface area (Å²) in [6.45, 7) is 12.1. The first-order valence-electron chi connectivity index (χ1n) is 6.91. The molecular formula is C15H30. The van der Waals surface area contributed by atoms with Gasteiger partial charge >= 0.3 is 0 Å². The average Bonchev–Trinajstić information content (AvgIpc) is 2.14. The summed E-state index contributed by atoms with van der Waals surface area (Å²) in [7, 11) is 0. The summed E-state index contributed by atoms with van der Waals surface area (Å²) in [5.74, 6) is 2.81. The van der Waals surface area contributed by atoms with Gasteiger partial charge in [0.2, 0.25) is 0 Å². The molecule has 90 valence electrons. The highest BCUT2D eigenvalue weighted by Crippen LogP contribution is 2.42. The Morgan fingerprint density at radius 3 is 1.93 bits per heavy atom. The molecule has 0 aliphatic heterocycles. The molecule has 1 aliphatic carbocycles. The van der Waals surface area contributed by atoms with Crippen molar-refractivity contribution in [3.05, 3.63) is 0 Å². The van der Waals surface area contributed by atoms with Crippen molar-refractivity contribution in [2.24, 2.45) is 23.2 Å². The third kappa shape index (κ3) is 4.17. The maximum Gasteiger partial charge on any atom is -0.0335 e. The van der Waals surface area contributed by atoms with E-state index in [9.17, 15) is 0 Å². The van der Waals surface area contributed by atoms with E-state index >= 15 is 0 Å². The first-order valence-corrected chi connectivity index (χ1v) is 6.91. The van der Waals surface area contributed by atoms with Crippen LogP contribution in [0.15, 0.2) is 0 Å². The Morgan fingerprint density at radius 2 is 1.53 bits per heavy atom. The first kappa shape index (κ1) is 13.1. The van der Waals surface area contributed by atoms with Crippen LogP contribution >= 0.6 is 0 Å². The summed E-state index contributed by atoms with van der Waals surface area (Å²) >= 11 is 0. The van der Waals surface area contributed by atoms with Gasteiger partial charge in [-0.05, 0) is 29.6 Å². The Balaban J connectivity index is 2.61. The average molecular weight is 210 g/mol. The topological polar surface area (TPSA) is 0 Å². The third-order valence-corrected chi connectivity index (χ3v) is 4.06. The Kier molecular flexibility index (Phi) is 4.67. The fourth-order valence-corrected chi connectivity index (χ4v) is 3.30. The van der Waals surface area contributed by atoms with Crippen LogP contribution < -0.4 is 0 Å². The molecule has 0 nitrogen and oxygen atoms in total. The van der Waals surface area contributed by atoms with Gasteiger partial charge in [-0.15, -0.1) is 0 Å². The van der Waals surface area contributed by atoms with Crippen molar-refractivity contribution >= 4 is 0 Å². The van der Waals surface area contributed by atoms with E-state index in [1.807, 2.05) is 0 Å². The zero-order valence-electron chi connectivity index (χ0n) is 11.5. The SMILES string of the molecule is CC(C)CC(C1CCCCC1)C(C)(C)C. The Bertz CT molecular complexity index is 167. The second-order valence-corrected chi connectivity index (χ2v) is 7.00. The van der Waals surface area contributed by atoms with Gasteiger partial charge in [0, 0.05) is 0 Å². The maximum atomic E-state index is 2.44. The summed E-state index contributed by atoms with van der Waals surface area (Å²) in [5.41, 5.74) is 0.506. The van der Waals surface area contributed by atoms with Crippen LogP contribution in [0.3, 0.4) is 0 Å². The second kappa shape index (κ2) is 5.37. The summed E-state index contributed by atoms with van der Waals surface area (Å²) in [6.07, 6.45) is 8.86. The first-order chi connectivity index (χ1) is 6.91. The predicted octanol–water partition coefficient (Wildman–Crippen LogP) is 5.28. The lowest BCUT2D eigenvalue weighted by molar-refractivity contribution is 0.102. The van der Waals surface area contributed by atoms with Gasteiger partial charge in [-0.3, -0.25) is 0 Å². The molecule has 0 heteroatoms. The fourth-order valence-electron chi connectivity index (χ4n) is 3.30. The van der Waals surface area contributed by atoms with Crippen molar-refractivity contribution in [3.63, 3.8) is 0 Å². The van der Waals surface area contributed by atoms with E-state index in [2.05, 4.69) is 34.6 Å². The molecule has 0 saturated heterocycles. The van der Waals surface area contributed by atoms with Crippen LogP contribution in [-0.4, -0.2) is 0 Å². The molecule has 1 saturated carbocycles. The van der Waals surface area contributed by atoms with Gasteiger partial charge in [0.25, 0.3) is 0 Å². The van der Waals surface area contributed by atoms with Crippen LogP contribution in [0.4, 0.5) is 0 Å². The van der Waals surface area contributed by atoms with E-state index in [0.29, 0.717) is 5.41 Å². The zero-order chi connectivity index (χ0) is 11.5. The largest absolute Gasteiger partial charge is 0.0628 e. The summed E-state index contributed by atoms with van der Waals surface area (Å²) < 4.78 is 0. The number of rotatable bonds is 3. The number of hydrogen-bond donors (Lipinski definition) is 0. The smallest absolute Gasteiger partial charge is 0.0335 e. The van der Waals surface area contributed by atoms with Gasteiger partial charge in [0.15, 0.2) is 0 Å². The minimum Gasteiger partial charge on any atom is -0.0628 e. The van der Waals surface area contributed by atoms with Gasteiger partial charge < -0.3 is 0 Å². The fraction of sp³-hybridized carbons (Fsp3) is 1.00. The highest BCUT2D eigenvalue weighted by molar-refractivity contribution is 4.83. The molecule has 0 bridgehead atoms. The van der Waals surface area contributed by atoms with Crippen LogP contribution in [0, 0.1) is 23.2 Å². The third-order valence-electron chi connectivity index (χ3n) is 4.06. The van der Waals surface area contributed by atoms with Gasteiger partial charge in [0.1, 0.15) is 0 Å².